The Morgan fingerprint density at radius 2 is 1.45 bits per heavy atom. The molecule has 0 spiro atoms. The van der Waals surface area contributed by atoms with Gasteiger partial charge in [-0.2, -0.15) is 5.10 Å². The van der Waals surface area contributed by atoms with Crippen LogP contribution >= 0.6 is 11.8 Å². The third kappa shape index (κ3) is 6.24. The van der Waals surface area contributed by atoms with Gasteiger partial charge >= 0.3 is 0 Å². The van der Waals surface area contributed by atoms with Crippen molar-refractivity contribution >= 4 is 39.1 Å². The Kier molecular flexibility index (Phi) is 7.94. The molecule has 33 heavy (non-hydrogen) atoms. The Hall–Kier alpha value is -3.10. The maximum Gasteiger partial charge on any atom is 0.264 e. The lowest BCUT2D eigenvalue weighted by Gasteiger charge is -2.24. The molecule has 3 rings (SSSR count). The van der Waals surface area contributed by atoms with Gasteiger partial charge in [-0.1, -0.05) is 47.5 Å². The summed E-state index contributed by atoms with van der Waals surface area (Å²) in [4.78, 5) is 13.8. The molecule has 0 aliphatic carbocycles. The molecule has 0 aromatic heterocycles. The number of hydrogen-bond acceptors (Lipinski definition) is 5. The number of nitrogens with zero attached hydrogens (tertiary/aromatic N) is 2. The van der Waals surface area contributed by atoms with Gasteiger partial charge in [0.2, 0.25) is 0 Å². The van der Waals surface area contributed by atoms with Crippen LogP contribution in [0.5, 0.6) is 0 Å². The molecule has 3 aromatic rings. The molecule has 0 heterocycles. The van der Waals surface area contributed by atoms with Crippen LogP contribution in [0.1, 0.15) is 23.6 Å². The fraction of sp³-hybridized carbons (Fsp3) is 0.200. The monoisotopic (exact) mass is 481 g/mol. The zero-order chi connectivity index (χ0) is 24.0. The summed E-state index contributed by atoms with van der Waals surface area (Å²) in [6, 6.07) is 21.4. The van der Waals surface area contributed by atoms with Crippen LogP contribution in [0, 0.1) is 13.8 Å². The Balaban J connectivity index is 1.86. The van der Waals surface area contributed by atoms with E-state index in [1.165, 1.54) is 11.8 Å². The van der Waals surface area contributed by atoms with E-state index in [4.69, 9.17) is 0 Å². The first-order valence-electron chi connectivity index (χ1n) is 10.3. The van der Waals surface area contributed by atoms with E-state index < -0.39 is 22.5 Å². The molecule has 8 heteroatoms. The van der Waals surface area contributed by atoms with Crippen LogP contribution < -0.4 is 9.73 Å². The second kappa shape index (κ2) is 10.7. The van der Waals surface area contributed by atoms with E-state index in [1.54, 1.807) is 43.3 Å². The molecule has 172 valence electrons. The van der Waals surface area contributed by atoms with Crippen LogP contribution in [-0.4, -0.2) is 32.8 Å². The van der Waals surface area contributed by atoms with Gasteiger partial charge in [0.15, 0.2) is 0 Å². The van der Waals surface area contributed by atoms with Crippen LogP contribution in [0.3, 0.4) is 0 Å². The van der Waals surface area contributed by atoms with Gasteiger partial charge < -0.3 is 0 Å². The van der Waals surface area contributed by atoms with E-state index in [-0.39, 0.29) is 4.90 Å². The van der Waals surface area contributed by atoms with E-state index in [0.29, 0.717) is 11.4 Å². The highest BCUT2D eigenvalue weighted by Crippen LogP contribution is 2.25. The average Bonchev–Trinajstić information content (AvgIpc) is 2.82. The van der Waals surface area contributed by atoms with E-state index in [9.17, 15) is 13.2 Å². The maximum atomic E-state index is 13.4. The van der Waals surface area contributed by atoms with Gasteiger partial charge in [0.25, 0.3) is 15.9 Å². The molecule has 0 fully saturated rings. The molecule has 3 aromatic carbocycles. The van der Waals surface area contributed by atoms with Crippen molar-refractivity contribution < 1.29 is 13.2 Å². The van der Waals surface area contributed by atoms with Crippen molar-refractivity contribution in [2.45, 2.75) is 30.6 Å². The maximum absolute atomic E-state index is 13.4. The number of thioether (sulfide) groups is 1. The van der Waals surface area contributed by atoms with Gasteiger partial charge in [0.1, 0.15) is 6.54 Å². The Labute approximate surface area is 199 Å². The molecular weight excluding hydrogens is 454 g/mol. The molecule has 1 N–H and O–H groups in total. The summed E-state index contributed by atoms with van der Waals surface area (Å²) in [5.74, 6) is -0.536. The van der Waals surface area contributed by atoms with Crippen molar-refractivity contribution in [3.63, 3.8) is 0 Å². The average molecular weight is 482 g/mol. The standard InChI is InChI=1S/C25H27N3O3S2/c1-18-5-9-21(10-6-18)20(3)26-27-25(29)17-28(22-11-7-19(2)8-12-22)33(30,31)24-15-13-23(32-4)14-16-24/h5-16H,17H2,1-4H3,(H,27,29)/b26-20-. The number of aryl methyl sites for hydroxylation is 2. The lowest BCUT2D eigenvalue weighted by atomic mass is 10.1. The fourth-order valence-corrected chi connectivity index (χ4v) is 4.90. The van der Waals surface area contributed by atoms with Crippen molar-refractivity contribution in [2.24, 2.45) is 5.10 Å². The van der Waals surface area contributed by atoms with Crippen molar-refractivity contribution in [3.05, 3.63) is 89.5 Å². The second-order valence-corrected chi connectivity index (χ2v) is 10.4. The van der Waals surface area contributed by atoms with Gasteiger partial charge in [-0.25, -0.2) is 13.8 Å². The van der Waals surface area contributed by atoms with Crippen molar-refractivity contribution in [1.29, 1.82) is 0 Å². The van der Waals surface area contributed by atoms with Crippen LogP contribution in [0.2, 0.25) is 0 Å². The van der Waals surface area contributed by atoms with Gasteiger partial charge in [0, 0.05) is 4.90 Å². The minimum Gasteiger partial charge on any atom is -0.271 e. The molecule has 0 aliphatic rings. The highest BCUT2D eigenvalue weighted by molar-refractivity contribution is 7.98. The Morgan fingerprint density at radius 3 is 2.00 bits per heavy atom. The number of hydrogen-bond donors (Lipinski definition) is 1. The van der Waals surface area contributed by atoms with Crippen molar-refractivity contribution in [1.82, 2.24) is 5.43 Å². The highest BCUT2D eigenvalue weighted by Gasteiger charge is 2.27. The molecular formula is C25H27N3O3S2. The zero-order valence-corrected chi connectivity index (χ0v) is 20.7. The molecule has 6 nitrogen and oxygen atoms in total. The fourth-order valence-electron chi connectivity index (χ4n) is 3.07. The van der Waals surface area contributed by atoms with E-state index in [1.807, 2.05) is 56.5 Å². The zero-order valence-electron chi connectivity index (χ0n) is 19.1. The summed E-state index contributed by atoms with van der Waals surface area (Å²) in [7, 11) is -3.97. The van der Waals surface area contributed by atoms with Gasteiger partial charge in [-0.3, -0.25) is 9.10 Å². The molecule has 0 unspecified atom stereocenters. The van der Waals surface area contributed by atoms with E-state index >= 15 is 0 Å². The summed E-state index contributed by atoms with van der Waals surface area (Å²) in [5.41, 5.74) is 6.51. The van der Waals surface area contributed by atoms with Gasteiger partial charge in [-0.15, -0.1) is 11.8 Å². The first kappa shape index (κ1) is 24.5. The normalized spacial score (nSPS) is 11.8. The van der Waals surface area contributed by atoms with Crippen LogP contribution in [0.25, 0.3) is 0 Å². The van der Waals surface area contributed by atoms with Gasteiger partial charge in [-0.05, 0) is 69.0 Å². The summed E-state index contributed by atoms with van der Waals surface area (Å²) >= 11 is 1.53. The molecule has 0 saturated carbocycles. The number of sulfonamides is 1. The second-order valence-electron chi connectivity index (χ2n) is 7.62. The number of amides is 1. The SMILES string of the molecule is CSc1ccc(S(=O)(=O)N(CC(=O)N/N=C(/C)c2ccc(C)cc2)c2ccc(C)cc2)cc1. The van der Waals surface area contributed by atoms with Crippen LogP contribution in [-0.2, 0) is 14.8 Å². The number of nitrogens with one attached hydrogen (secondary N) is 1. The first-order chi connectivity index (χ1) is 15.7. The summed E-state index contributed by atoms with van der Waals surface area (Å²) < 4.78 is 28.0. The number of anilines is 1. The third-order valence-corrected chi connectivity index (χ3v) is 7.61. The minimum atomic E-state index is -3.97. The minimum absolute atomic E-state index is 0.119. The highest BCUT2D eigenvalue weighted by atomic mass is 32.2. The lowest BCUT2D eigenvalue weighted by Crippen LogP contribution is -2.39. The number of hydrazone groups is 1. The molecule has 0 saturated heterocycles. The van der Waals surface area contributed by atoms with Crippen molar-refractivity contribution in [3.8, 4) is 0 Å². The predicted octanol–water partition coefficient (Wildman–Crippen LogP) is 4.76. The van der Waals surface area contributed by atoms with E-state index in [2.05, 4.69) is 10.5 Å². The summed E-state index contributed by atoms with van der Waals surface area (Å²) in [6.45, 7) is 5.29. The first-order valence-corrected chi connectivity index (χ1v) is 13.0. The summed E-state index contributed by atoms with van der Waals surface area (Å²) in [6.07, 6.45) is 1.92. The predicted molar refractivity (Wildman–Crippen MR) is 135 cm³/mol. The molecule has 0 bridgehead atoms. The van der Waals surface area contributed by atoms with E-state index in [0.717, 1.165) is 25.9 Å². The largest absolute Gasteiger partial charge is 0.271 e. The third-order valence-electron chi connectivity index (χ3n) is 5.07. The quantitative estimate of drug-likeness (QED) is 0.286. The molecule has 1 amide bonds. The van der Waals surface area contributed by atoms with Crippen LogP contribution in [0.15, 0.2) is 87.7 Å². The number of carbonyl (C=O) groups is 1. The van der Waals surface area contributed by atoms with Crippen LogP contribution in [0.4, 0.5) is 5.69 Å². The topological polar surface area (TPSA) is 78.8 Å². The molecule has 0 atom stereocenters. The summed E-state index contributed by atoms with van der Waals surface area (Å²) in [5, 5.41) is 4.16. The van der Waals surface area contributed by atoms with Gasteiger partial charge in [0.05, 0.1) is 16.3 Å². The Bertz CT molecular complexity index is 1240. The lowest BCUT2D eigenvalue weighted by molar-refractivity contribution is -0.119. The molecule has 0 radical (unpaired) electrons. The Morgan fingerprint density at radius 1 is 0.909 bits per heavy atom. The number of rotatable bonds is 8. The molecule has 0 aliphatic heterocycles. The smallest absolute Gasteiger partial charge is 0.264 e. The number of carbonyl (C=O) groups excluding carboxylic acids is 1. The number of benzene rings is 3. The van der Waals surface area contributed by atoms with Crippen molar-refractivity contribution in [2.75, 3.05) is 17.1 Å².